The Morgan fingerprint density at radius 2 is 1.90 bits per heavy atom. The molecule has 0 spiro atoms. The number of benzene rings is 1. The third kappa shape index (κ3) is 5.15. The first-order valence-corrected chi connectivity index (χ1v) is 10.9. The number of hydrogen-bond donors (Lipinski definition) is 2. The number of pyridine rings is 1. The van der Waals surface area contributed by atoms with E-state index in [1.807, 2.05) is 0 Å². The highest BCUT2D eigenvalue weighted by Gasteiger charge is 2.23. The fourth-order valence-corrected chi connectivity index (χ4v) is 4.10. The summed E-state index contributed by atoms with van der Waals surface area (Å²) in [5, 5.41) is 9.07. The van der Waals surface area contributed by atoms with Crippen LogP contribution in [-0.4, -0.2) is 41.6 Å². The minimum absolute atomic E-state index is 0.0269. The first kappa shape index (κ1) is 22.2. The van der Waals surface area contributed by atoms with E-state index in [9.17, 15) is 13.2 Å². The second-order valence-electron chi connectivity index (χ2n) is 6.97. The molecule has 31 heavy (non-hydrogen) atoms. The first-order chi connectivity index (χ1) is 14.7. The number of aromatic nitrogens is 3. The van der Waals surface area contributed by atoms with Crippen LogP contribution in [0.5, 0.6) is 5.88 Å². The number of anilines is 1. The highest BCUT2D eigenvalue weighted by molar-refractivity contribution is 7.92. The summed E-state index contributed by atoms with van der Waals surface area (Å²) in [7, 11) is -2.67. The Balaban J connectivity index is 1.94. The van der Waals surface area contributed by atoms with Crippen LogP contribution in [0.3, 0.4) is 0 Å². The number of rotatable bonds is 8. The number of carboxylic acid groups (broad SMARTS) is 1. The Hall–Kier alpha value is -3.53. The fraction of sp³-hybridized carbons (Fsp3) is 0.238. The number of ether oxygens (including phenoxy) is 1. The summed E-state index contributed by atoms with van der Waals surface area (Å²) < 4.78 is 33.7. The van der Waals surface area contributed by atoms with Crippen molar-refractivity contribution >= 4 is 21.8 Å². The molecule has 0 radical (unpaired) electrons. The molecule has 3 rings (SSSR count). The summed E-state index contributed by atoms with van der Waals surface area (Å²) >= 11 is 0. The summed E-state index contributed by atoms with van der Waals surface area (Å²) in [6.07, 6.45) is 3.30. The number of nitrogens with one attached hydrogen (secondary N) is 1. The van der Waals surface area contributed by atoms with Gasteiger partial charge in [0.15, 0.2) is 0 Å². The van der Waals surface area contributed by atoms with Crippen LogP contribution >= 0.6 is 0 Å². The van der Waals surface area contributed by atoms with Crippen molar-refractivity contribution in [1.29, 1.82) is 0 Å². The van der Waals surface area contributed by atoms with Crippen molar-refractivity contribution in [3.8, 4) is 17.1 Å². The zero-order valence-corrected chi connectivity index (χ0v) is 18.0. The average Bonchev–Trinajstić information content (AvgIpc) is 2.75. The summed E-state index contributed by atoms with van der Waals surface area (Å²) in [5.41, 5.74) is 2.25. The van der Waals surface area contributed by atoms with Crippen LogP contribution in [0.25, 0.3) is 11.3 Å². The lowest BCUT2D eigenvalue weighted by Gasteiger charge is -2.13. The van der Waals surface area contributed by atoms with E-state index in [0.29, 0.717) is 17.7 Å². The Kier molecular flexibility index (Phi) is 6.50. The average molecular weight is 442 g/mol. The Bertz CT molecular complexity index is 1200. The minimum Gasteiger partial charge on any atom is -0.481 e. The van der Waals surface area contributed by atoms with Gasteiger partial charge in [0.25, 0.3) is 15.9 Å². The molecule has 1 aromatic carbocycles. The molecule has 2 N–H and O–H groups in total. The van der Waals surface area contributed by atoms with E-state index in [1.54, 1.807) is 38.1 Å². The van der Waals surface area contributed by atoms with Crippen molar-refractivity contribution in [1.82, 2.24) is 15.0 Å². The summed E-state index contributed by atoms with van der Waals surface area (Å²) in [6.45, 7) is 3.35. The third-order valence-electron chi connectivity index (χ3n) is 4.54. The maximum absolute atomic E-state index is 13.1. The van der Waals surface area contributed by atoms with E-state index in [-0.39, 0.29) is 22.3 Å². The molecule has 0 aliphatic rings. The van der Waals surface area contributed by atoms with Crippen molar-refractivity contribution in [2.24, 2.45) is 5.92 Å². The lowest BCUT2D eigenvalue weighted by Crippen LogP contribution is -2.16. The standard InChI is InChI=1S/C21H22N4O5S/c1-13(21(26)27)11-15-6-8-16(9-7-15)18-17(5-4-10-22-18)31(28,29)25-19-20(30-3)24-14(2)12-23-19/h4-10,12-13H,11H2,1-3H3,(H,23,25)(H,26,27). The Morgan fingerprint density at radius 1 is 1.19 bits per heavy atom. The van der Waals surface area contributed by atoms with Gasteiger partial charge in [-0.05, 0) is 31.0 Å². The van der Waals surface area contributed by atoms with Crippen molar-refractivity contribution in [3.05, 3.63) is 60.0 Å². The number of methoxy groups -OCH3 is 1. The number of carbonyl (C=O) groups is 1. The molecule has 0 saturated carbocycles. The second kappa shape index (κ2) is 9.09. The third-order valence-corrected chi connectivity index (χ3v) is 5.91. The molecule has 0 fully saturated rings. The minimum atomic E-state index is -4.05. The van der Waals surface area contributed by atoms with Gasteiger partial charge in [0.1, 0.15) is 4.90 Å². The lowest BCUT2D eigenvalue weighted by molar-refractivity contribution is -0.141. The zero-order chi connectivity index (χ0) is 22.6. The molecule has 9 nitrogen and oxygen atoms in total. The van der Waals surface area contributed by atoms with Crippen molar-refractivity contribution < 1.29 is 23.1 Å². The van der Waals surface area contributed by atoms with Crippen LogP contribution in [-0.2, 0) is 21.2 Å². The van der Waals surface area contributed by atoms with Gasteiger partial charge < -0.3 is 9.84 Å². The maximum atomic E-state index is 13.1. The molecule has 0 saturated heterocycles. The van der Waals surface area contributed by atoms with Crippen LogP contribution in [0, 0.1) is 12.8 Å². The highest BCUT2D eigenvalue weighted by Crippen LogP contribution is 2.29. The lowest BCUT2D eigenvalue weighted by atomic mass is 9.99. The Morgan fingerprint density at radius 3 is 2.55 bits per heavy atom. The molecule has 10 heteroatoms. The van der Waals surface area contributed by atoms with Crippen LogP contribution in [0.4, 0.5) is 5.82 Å². The maximum Gasteiger partial charge on any atom is 0.306 e. The summed E-state index contributed by atoms with van der Waals surface area (Å²) in [5.74, 6) is -1.36. The predicted molar refractivity (Wildman–Crippen MR) is 114 cm³/mol. The van der Waals surface area contributed by atoms with Crippen LogP contribution in [0.2, 0.25) is 0 Å². The topological polar surface area (TPSA) is 131 Å². The summed E-state index contributed by atoms with van der Waals surface area (Å²) in [4.78, 5) is 23.5. The quantitative estimate of drug-likeness (QED) is 0.544. The normalized spacial score (nSPS) is 12.2. The van der Waals surface area contributed by atoms with Gasteiger partial charge in [-0.15, -0.1) is 0 Å². The molecule has 2 heterocycles. The van der Waals surface area contributed by atoms with Crippen LogP contribution in [0.15, 0.2) is 53.7 Å². The van der Waals surface area contributed by atoms with Gasteiger partial charge in [-0.2, -0.15) is 0 Å². The predicted octanol–water partition coefficient (Wildman–Crippen LogP) is 2.92. The molecular weight excluding hydrogens is 420 g/mol. The van der Waals surface area contributed by atoms with Crippen LogP contribution < -0.4 is 9.46 Å². The van der Waals surface area contributed by atoms with E-state index < -0.39 is 21.9 Å². The van der Waals surface area contributed by atoms with E-state index in [2.05, 4.69) is 19.7 Å². The summed E-state index contributed by atoms with van der Waals surface area (Å²) in [6, 6.07) is 9.94. The van der Waals surface area contributed by atoms with E-state index >= 15 is 0 Å². The number of nitrogens with zero attached hydrogens (tertiary/aromatic N) is 3. The molecule has 2 aromatic heterocycles. The molecule has 1 unspecified atom stereocenters. The van der Waals surface area contributed by atoms with E-state index in [1.165, 1.54) is 31.6 Å². The van der Waals surface area contributed by atoms with Gasteiger partial charge in [0.05, 0.1) is 30.6 Å². The monoisotopic (exact) mass is 442 g/mol. The number of aryl methyl sites for hydroxylation is 1. The molecule has 162 valence electrons. The molecule has 1 atom stereocenters. The SMILES string of the molecule is COc1nc(C)cnc1NS(=O)(=O)c1cccnc1-c1ccc(CC(C)C(=O)O)cc1. The number of sulfonamides is 1. The van der Waals surface area contributed by atoms with Crippen LogP contribution in [0.1, 0.15) is 18.2 Å². The van der Waals surface area contributed by atoms with Gasteiger partial charge >= 0.3 is 5.97 Å². The smallest absolute Gasteiger partial charge is 0.306 e. The largest absolute Gasteiger partial charge is 0.481 e. The highest BCUT2D eigenvalue weighted by atomic mass is 32.2. The molecule has 3 aromatic rings. The van der Waals surface area contributed by atoms with E-state index in [4.69, 9.17) is 9.84 Å². The molecule has 0 amide bonds. The Labute approximate surface area is 180 Å². The first-order valence-electron chi connectivity index (χ1n) is 9.39. The van der Waals surface area contributed by atoms with Gasteiger partial charge in [-0.3, -0.25) is 14.5 Å². The molecule has 0 bridgehead atoms. The van der Waals surface area contributed by atoms with Gasteiger partial charge in [0.2, 0.25) is 5.82 Å². The zero-order valence-electron chi connectivity index (χ0n) is 17.2. The van der Waals surface area contributed by atoms with Crippen molar-refractivity contribution in [2.45, 2.75) is 25.2 Å². The second-order valence-corrected chi connectivity index (χ2v) is 8.62. The number of hydrogen-bond acceptors (Lipinski definition) is 7. The van der Waals surface area contributed by atoms with Gasteiger partial charge in [0, 0.05) is 11.8 Å². The fourth-order valence-electron chi connectivity index (χ4n) is 2.91. The molecule has 0 aliphatic heterocycles. The van der Waals surface area contributed by atoms with Crippen molar-refractivity contribution in [2.75, 3.05) is 11.8 Å². The van der Waals surface area contributed by atoms with Gasteiger partial charge in [-0.1, -0.05) is 31.2 Å². The molecule has 0 aliphatic carbocycles. The van der Waals surface area contributed by atoms with Crippen molar-refractivity contribution in [3.63, 3.8) is 0 Å². The number of carboxylic acids is 1. The van der Waals surface area contributed by atoms with Gasteiger partial charge in [-0.25, -0.2) is 18.4 Å². The van der Waals surface area contributed by atoms with E-state index in [0.717, 1.165) is 5.56 Å². The number of aliphatic carboxylic acids is 1. The molecular formula is C21H22N4O5S.